The second kappa shape index (κ2) is 4.55. The van der Waals surface area contributed by atoms with E-state index in [0.29, 0.717) is 26.1 Å². The first kappa shape index (κ1) is 15.0. The maximum absolute atomic E-state index is 11.1. The molecule has 0 unspecified atom stereocenters. The molecular formula is C15H26O4. The Morgan fingerprint density at radius 1 is 1.05 bits per heavy atom. The van der Waals surface area contributed by atoms with Gasteiger partial charge in [0.25, 0.3) is 0 Å². The van der Waals surface area contributed by atoms with Crippen molar-refractivity contribution in [2.75, 3.05) is 27.4 Å². The fourth-order valence-electron chi connectivity index (χ4n) is 3.30. The first-order valence-corrected chi connectivity index (χ1v) is 6.81. The zero-order valence-corrected chi connectivity index (χ0v) is 12.7. The average Bonchev–Trinajstić information content (AvgIpc) is 2.50. The second-order valence-electron chi connectivity index (χ2n) is 7.07. The van der Waals surface area contributed by atoms with Crippen molar-refractivity contribution in [3.63, 3.8) is 0 Å². The van der Waals surface area contributed by atoms with Gasteiger partial charge in [0.2, 0.25) is 0 Å². The summed E-state index contributed by atoms with van der Waals surface area (Å²) in [4.78, 5) is 0. The topological polar surface area (TPSA) is 47.9 Å². The van der Waals surface area contributed by atoms with Gasteiger partial charge in [-0.15, -0.1) is 0 Å². The lowest BCUT2D eigenvalue weighted by Crippen LogP contribution is -2.61. The molecule has 2 aliphatic rings. The Morgan fingerprint density at radius 3 is 1.79 bits per heavy atom. The molecule has 3 atom stereocenters. The lowest BCUT2D eigenvalue weighted by Gasteiger charge is -2.53. The minimum Gasteiger partial charge on any atom is -0.389 e. The summed E-state index contributed by atoms with van der Waals surface area (Å²) in [6.07, 6.45) is 5.19. The molecule has 4 nitrogen and oxygen atoms in total. The van der Waals surface area contributed by atoms with E-state index in [9.17, 15) is 5.11 Å². The standard InChI is InChI=1S/C15H26O4/c1-12(2,3)15(16)8-13(10-17-4)6-7-14(9-15,19-13)11-18-5/h6-7,16H,8-11H2,1-5H3/t13-,14+,15+. The Morgan fingerprint density at radius 2 is 1.47 bits per heavy atom. The van der Waals surface area contributed by atoms with Crippen molar-refractivity contribution in [1.82, 2.24) is 0 Å². The van der Waals surface area contributed by atoms with Crippen LogP contribution in [-0.4, -0.2) is 49.3 Å². The van der Waals surface area contributed by atoms with E-state index in [4.69, 9.17) is 14.2 Å². The van der Waals surface area contributed by atoms with Crippen molar-refractivity contribution in [3.8, 4) is 0 Å². The third-order valence-corrected chi connectivity index (χ3v) is 4.45. The smallest absolute Gasteiger partial charge is 0.114 e. The van der Waals surface area contributed by atoms with Gasteiger partial charge in [0.1, 0.15) is 11.2 Å². The third kappa shape index (κ3) is 2.47. The minimum atomic E-state index is -0.800. The average molecular weight is 270 g/mol. The number of fused-ring (bicyclic) bond motifs is 2. The normalized spacial score (nSPS) is 41.8. The van der Waals surface area contributed by atoms with Crippen LogP contribution in [0.4, 0.5) is 0 Å². The molecule has 0 aromatic rings. The summed E-state index contributed by atoms with van der Waals surface area (Å²) in [5.41, 5.74) is -2.09. The van der Waals surface area contributed by atoms with Gasteiger partial charge in [-0.25, -0.2) is 0 Å². The molecule has 0 aliphatic carbocycles. The Hall–Kier alpha value is -0.420. The van der Waals surface area contributed by atoms with Crippen LogP contribution >= 0.6 is 0 Å². The predicted molar refractivity (Wildman–Crippen MR) is 73.1 cm³/mol. The van der Waals surface area contributed by atoms with Crippen molar-refractivity contribution in [1.29, 1.82) is 0 Å². The number of ether oxygens (including phenoxy) is 3. The van der Waals surface area contributed by atoms with Gasteiger partial charge in [0.15, 0.2) is 0 Å². The first-order chi connectivity index (χ1) is 8.70. The molecule has 1 saturated heterocycles. The van der Waals surface area contributed by atoms with Crippen LogP contribution in [0.1, 0.15) is 33.6 Å². The molecular weight excluding hydrogens is 244 g/mol. The van der Waals surface area contributed by atoms with Crippen LogP contribution in [0.5, 0.6) is 0 Å². The van der Waals surface area contributed by atoms with Crippen molar-refractivity contribution in [3.05, 3.63) is 12.2 Å². The zero-order valence-electron chi connectivity index (χ0n) is 12.7. The maximum atomic E-state index is 11.1. The number of methoxy groups -OCH3 is 2. The number of rotatable bonds is 4. The number of hydrogen-bond acceptors (Lipinski definition) is 4. The van der Waals surface area contributed by atoms with Crippen molar-refractivity contribution in [2.24, 2.45) is 5.41 Å². The Balaban J connectivity index is 2.35. The second-order valence-corrected chi connectivity index (χ2v) is 7.07. The highest BCUT2D eigenvalue weighted by atomic mass is 16.6. The lowest BCUT2D eigenvalue weighted by atomic mass is 9.65. The molecule has 2 rings (SSSR count). The van der Waals surface area contributed by atoms with Crippen LogP contribution in [-0.2, 0) is 14.2 Å². The van der Waals surface area contributed by atoms with Crippen molar-refractivity contribution < 1.29 is 19.3 Å². The summed E-state index contributed by atoms with van der Waals surface area (Å²) in [7, 11) is 3.32. The van der Waals surface area contributed by atoms with Gasteiger partial charge in [-0.05, 0) is 5.41 Å². The van der Waals surface area contributed by atoms with E-state index in [-0.39, 0.29) is 5.41 Å². The molecule has 2 aliphatic heterocycles. The Kier molecular flexibility index (Phi) is 3.59. The van der Waals surface area contributed by atoms with Crippen LogP contribution in [0, 0.1) is 5.41 Å². The highest BCUT2D eigenvalue weighted by molar-refractivity contribution is 5.26. The number of aliphatic hydroxyl groups is 1. The molecule has 2 heterocycles. The van der Waals surface area contributed by atoms with Gasteiger partial charge in [-0.1, -0.05) is 32.9 Å². The summed E-state index contributed by atoms with van der Waals surface area (Å²) < 4.78 is 16.8. The summed E-state index contributed by atoms with van der Waals surface area (Å²) in [6, 6.07) is 0. The van der Waals surface area contributed by atoms with E-state index in [1.165, 1.54) is 0 Å². The van der Waals surface area contributed by atoms with E-state index < -0.39 is 16.8 Å². The van der Waals surface area contributed by atoms with Crippen LogP contribution < -0.4 is 0 Å². The van der Waals surface area contributed by atoms with E-state index in [1.807, 2.05) is 12.2 Å². The van der Waals surface area contributed by atoms with Crippen LogP contribution in [0.15, 0.2) is 12.2 Å². The predicted octanol–water partition coefficient (Wildman–Crippen LogP) is 1.91. The molecule has 0 spiro atoms. The molecule has 1 fully saturated rings. The molecule has 19 heavy (non-hydrogen) atoms. The SMILES string of the molecule is COC[C@@]12C=C[C@@](COC)(C[C@](O)(C(C)(C)C)C1)O2. The fourth-order valence-corrected chi connectivity index (χ4v) is 3.30. The summed E-state index contributed by atoms with van der Waals surface area (Å²) in [5, 5.41) is 11.1. The first-order valence-electron chi connectivity index (χ1n) is 6.81. The molecule has 110 valence electrons. The molecule has 0 aromatic heterocycles. The van der Waals surface area contributed by atoms with E-state index in [1.54, 1.807) is 14.2 Å². The molecule has 2 bridgehead atoms. The summed E-state index contributed by atoms with van der Waals surface area (Å²) in [6.45, 7) is 7.11. The quantitative estimate of drug-likeness (QED) is 0.793. The lowest BCUT2D eigenvalue weighted by molar-refractivity contribution is -0.245. The Bertz CT molecular complexity index is 347. The van der Waals surface area contributed by atoms with Crippen LogP contribution in [0.3, 0.4) is 0 Å². The van der Waals surface area contributed by atoms with Crippen molar-refractivity contribution in [2.45, 2.75) is 50.4 Å². The molecule has 1 N–H and O–H groups in total. The highest BCUT2D eigenvalue weighted by Gasteiger charge is 2.60. The molecule has 0 saturated carbocycles. The monoisotopic (exact) mass is 270 g/mol. The van der Waals surface area contributed by atoms with Gasteiger partial charge in [-0.2, -0.15) is 0 Å². The zero-order chi connectivity index (χ0) is 14.4. The maximum Gasteiger partial charge on any atom is 0.114 e. The molecule has 0 radical (unpaired) electrons. The number of hydrogen-bond donors (Lipinski definition) is 1. The van der Waals surface area contributed by atoms with Gasteiger partial charge < -0.3 is 19.3 Å². The Labute approximate surface area is 115 Å². The van der Waals surface area contributed by atoms with E-state index in [0.717, 1.165) is 0 Å². The highest BCUT2D eigenvalue weighted by Crippen LogP contribution is 2.53. The van der Waals surface area contributed by atoms with Gasteiger partial charge >= 0.3 is 0 Å². The van der Waals surface area contributed by atoms with Crippen molar-refractivity contribution >= 4 is 0 Å². The van der Waals surface area contributed by atoms with Gasteiger partial charge in [-0.3, -0.25) is 0 Å². The van der Waals surface area contributed by atoms with E-state index >= 15 is 0 Å². The summed E-state index contributed by atoms with van der Waals surface area (Å²) in [5.74, 6) is 0. The van der Waals surface area contributed by atoms with Crippen LogP contribution in [0.25, 0.3) is 0 Å². The molecule has 0 amide bonds. The van der Waals surface area contributed by atoms with E-state index in [2.05, 4.69) is 20.8 Å². The molecule has 4 heteroatoms. The largest absolute Gasteiger partial charge is 0.389 e. The van der Waals surface area contributed by atoms with Gasteiger partial charge in [0.05, 0.1) is 18.8 Å². The minimum absolute atomic E-state index is 0.221. The molecule has 0 aromatic carbocycles. The third-order valence-electron chi connectivity index (χ3n) is 4.45. The summed E-state index contributed by atoms with van der Waals surface area (Å²) >= 11 is 0. The van der Waals surface area contributed by atoms with Gasteiger partial charge in [0, 0.05) is 27.1 Å². The van der Waals surface area contributed by atoms with Crippen LogP contribution in [0.2, 0.25) is 0 Å². The fraction of sp³-hybridized carbons (Fsp3) is 0.867.